The van der Waals surface area contributed by atoms with E-state index in [1.54, 1.807) is 19.0 Å². The number of hydrogen-bond acceptors (Lipinski definition) is 6. The van der Waals surface area contributed by atoms with Crippen LogP contribution in [0.25, 0.3) is 0 Å². The monoisotopic (exact) mass is 569 g/mol. The Morgan fingerprint density at radius 2 is 1.33 bits per heavy atom. The standard InChI is InChI=1S/C29H55N3O6Si/c1-18(2)22(31(11)27(35)24(20(5)6)38-39(13,14)29(7,8)9)25(33)30(10)23(19(3)4)26(34)32-17-15-16-21(32)28(36)37-12/h18-24H,15-17H2,1-14H3/t21-,22-,23-,24+/m0/s1. The van der Waals surface area contributed by atoms with Gasteiger partial charge in [-0.25, -0.2) is 4.79 Å². The molecule has 0 saturated carbocycles. The van der Waals surface area contributed by atoms with Gasteiger partial charge in [-0.1, -0.05) is 62.3 Å². The summed E-state index contributed by atoms with van der Waals surface area (Å²) in [5.41, 5.74) is 0. The van der Waals surface area contributed by atoms with Crippen molar-refractivity contribution in [1.82, 2.24) is 14.7 Å². The Morgan fingerprint density at radius 3 is 1.74 bits per heavy atom. The third-order valence-electron chi connectivity index (χ3n) is 8.38. The SMILES string of the molecule is COC(=O)[C@@H]1CCCN1C(=O)[C@H](C(C)C)N(C)C(=O)[C@H](C(C)C)N(C)C(=O)[C@H](O[Si](C)(C)C(C)(C)C)C(C)C. The van der Waals surface area contributed by atoms with Crippen molar-refractivity contribution < 1.29 is 28.3 Å². The van der Waals surface area contributed by atoms with Gasteiger partial charge in [0, 0.05) is 20.6 Å². The lowest BCUT2D eigenvalue weighted by Crippen LogP contribution is -2.60. The summed E-state index contributed by atoms with van der Waals surface area (Å²) in [6.45, 7) is 22.6. The maximum Gasteiger partial charge on any atom is 0.328 e. The molecule has 0 unspecified atom stereocenters. The molecule has 3 amide bonds. The molecule has 0 aromatic rings. The van der Waals surface area contributed by atoms with E-state index in [4.69, 9.17) is 9.16 Å². The number of carbonyl (C=O) groups is 4. The van der Waals surface area contributed by atoms with Gasteiger partial charge in [-0.3, -0.25) is 14.4 Å². The van der Waals surface area contributed by atoms with Crippen LogP contribution in [0.5, 0.6) is 0 Å². The van der Waals surface area contributed by atoms with Crippen LogP contribution in [-0.2, 0) is 28.3 Å². The summed E-state index contributed by atoms with van der Waals surface area (Å²) >= 11 is 0. The van der Waals surface area contributed by atoms with Crippen molar-refractivity contribution in [2.45, 2.75) is 118 Å². The molecule has 0 spiro atoms. The van der Waals surface area contributed by atoms with E-state index in [0.717, 1.165) is 0 Å². The van der Waals surface area contributed by atoms with Gasteiger partial charge in [-0.05, 0) is 48.7 Å². The largest absolute Gasteiger partial charge is 0.467 e. The molecule has 4 atom stereocenters. The summed E-state index contributed by atoms with van der Waals surface area (Å²) in [5, 5.41) is -0.0744. The van der Waals surface area contributed by atoms with Gasteiger partial charge in [0.05, 0.1) is 7.11 Å². The maximum atomic E-state index is 14.0. The van der Waals surface area contributed by atoms with Gasteiger partial charge in [0.25, 0.3) is 5.91 Å². The number of ether oxygens (including phenoxy) is 1. The van der Waals surface area contributed by atoms with Gasteiger partial charge in [-0.15, -0.1) is 0 Å². The van der Waals surface area contributed by atoms with Crippen LogP contribution < -0.4 is 0 Å². The van der Waals surface area contributed by atoms with Crippen LogP contribution in [0.2, 0.25) is 18.1 Å². The molecule has 1 saturated heterocycles. The molecule has 39 heavy (non-hydrogen) atoms. The summed E-state index contributed by atoms with van der Waals surface area (Å²) in [4.78, 5) is 58.5. The minimum Gasteiger partial charge on any atom is -0.467 e. The highest BCUT2D eigenvalue weighted by Crippen LogP contribution is 2.38. The first kappa shape index (κ1) is 35.1. The number of esters is 1. The Bertz CT molecular complexity index is 883. The predicted octanol–water partition coefficient (Wildman–Crippen LogP) is 4.16. The normalized spacial score (nSPS) is 18.8. The molecule has 1 fully saturated rings. The molecule has 0 N–H and O–H groups in total. The smallest absolute Gasteiger partial charge is 0.328 e. The third-order valence-corrected chi connectivity index (χ3v) is 12.8. The van der Waals surface area contributed by atoms with Crippen molar-refractivity contribution in [2.75, 3.05) is 27.7 Å². The molecule has 1 aliphatic rings. The molecule has 0 radical (unpaired) electrons. The van der Waals surface area contributed by atoms with Gasteiger partial charge < -0.3 is 23.9 Å². The molecule has 1 aliphatic heterocycles. The number of nitrogens with zero attached hydrogens (tertiary/aromatic N) is 3. The van der Waals surface area contributed by atoms with Gasteiger partial charge in [-0.2, -0.15) is 0 Å². The van der Waals surface area contributed by atoms with Gasteiger partial charge in [0.1, 0.15) is 24.2 Å². The van der Waals surface area contributed by atoms with Crippen molar-refractivity contribution in [3.05, 3.63) is 0 Å². The molecular weight excluding hydrogens is 514 g/mol. The van der Waals surface area contributed by atoms with Crippen LogP contribution in [0.4, 0.5) is 0 Å². The Morgan fingerprint density at radius 1 is 0.846 bits per heavy atom. The molecule has 226 valence electrons. The van der Waals surface area contributed by atoms with Crippen LogP contribution in [0, 0.1) is 17.8 Å². The second kappa shape index (κ2) is 13.6. The van der Waals surface area contributed by atoms with E-state index in [1.165, 1.54) is 16.9 Å². The van der Waals surface area contributed by atoms with Crippen molar-refractivity contribution in [2.24, 2.45) is 17.8 Å². The number of carbonyl (C=O) groups excluding carboxylic acids is 4. The van der Waals surface area contributed by atoms with Crippen molar-refractivity contribution in [1.29, 1.82) is 0 Å². The summed E-state index contributed by atoms with van der Waals surface area (Å²) < 4.78 is 11.5. The molecule has 0 aliphatic carbocycles. The van der Waals surface area contributed by atoms with E-state index in [0.29, 0.717) is 19.4 Å². The van der Waals surface area contributed by atoms with Crippen LogP contribution in [-0.4, -0.2) is 98.7 Å². The first-order valence-corrected chi connectivity index (χ1v) is 17.2. The molecule has 1 rings (SSSR count). The zero-order chi connectivity index (χ0) is 30.6. The van der Waals surface area contributed by atoms with E-state index in [-0.39, 0.29) is 40.5 Å². The summed E-state index contributed by atoms with van der Waals surface area (Å²) in [6, 6.07) is -2.20. The summed E-state index contributed by atoms with van der Waals surface area (Å²) in [7, 11) is 2.33. The average molecular weight is 570 g/mol. The van der Waals surface area contributed by atoms with Gasteiger partial charge in [0.2, 0.25) is 11.8 Å². The fourth-order valence-electron chi connectivity index (χ4n) is 5.03. The lowest BCUT2D eigenvalue weighted by atomic mass is 9.95. The molecule has 0 bridgehead atoms. The van der Waals surface area contributed by atoms with Crippen molar-refractivity contribution >= 4 is 32.0 Å². The second-order valence-electron chi connectivity index (χ2n) is 13.5. The average Bonchev–Trinajstić information content (AvgIpc) is 3.30. The van der Waals surface area contributed by atoms with E-state index >= 15 is 0 Å². The topological polar surface area (TPSA) is 96.5 Å². The minimum absolute atomic E-state index is 0.0744. The van der Waals surface area contributed by atoms with Crippen LogP contribution >= 0.6 is 0 Å². The molecule has 0 aromatic heterocycles. The number of likely N-dealkylation sites (N-methyl/N-ethyl adjacent to an activating group) is 2. The summed E-state index contributed by atoms with van der Waals surface area (Å²) in [6.07, 6.45) is 0.561. The quantitative estimate of drug-likeness (QED) is 0.274. The number of hydrogen-bond donors (Lipinski definition) is 0. The van der Waals surface area contributed by atoms with E-state index in [1.807, 2.05) is 41.5 Å². The van der Waals surface area contributed by atoms with E-state index in [2.05, 4.69) is 33.9 Å². The highest BCUT2D eigenvalue weighted by molar-refractivity contribution is 6.74. The Kier molecular flexibility index (Phi) is 12.2. The zero-order valence-electron chi connectivity index (χ0n) is 27.0. The number of likely N-dealkylation sites (tertiary alicyclic amines) is 1. The lowest BCUT2D eigenvalue weighted by molar-refractivity contribution is -0.158. The highest BCUT2D eigenvalue weighted by atomic mass is 28.4. The molecular formula is C29H55N3O6Si. The van der Waals surface area contributed by atoms with Crippen molar-refractivity contribution in [3.8, 4) is 0 Å². The van der Waals surface area contributed by atoms with Crippen LogP contribution in [0.3, 0.4) is 0 Å². The number of methoxy groups -OCH3 is 1. The highest BCUT2D eigenvalue weighted by Gasteiger charge is 2.46. The Hall–Kier alpha value is -1.94. The fourth-order valence-corrected chi connectivity index (χ4v) is 6.39. The lowest BCUT2D eigenvalue weighted by Gasteiger charge is -2.43. The third kappa shape index (κ3) is 8.05. The molecule has 10 heteroatoms. The Labute approximate surface area is 238 Å². The van der Waals surface area contributed by atoms with Crippen LogP contribution in [0.1, 0.15) is 75.2 Å². The first-order valence-electron chi connectivity index (χ1n) is 14.3. The van der Waals surface area contributed by atoms with Gasteiger partial charge in [0.15, 0.2) is 8.32 Å². The maximum absolute atomic E-state index is 14.0. The minimum atomic E-state index is -2.26. The Balaban J connectivity index is 3.32. The number of rotatable bonds is 11. The predicted molar refractivity (Wildman–Crippen MR) is 156 cm³/mol. The number of amides is 3. The van der Waals surface area contributed by atoms with Crippen molar-refractivity contribution in [3.63, 3.8) is 0 Å². The zero-order valence-corrected chi connectivity index (χ0v) is 28.0. The van der Waals surface area contributed by atoms with E-state index in [9.17, 15) is 19.2 Å². The van der Waals surface area contributed by atoms with Crippen LogP contribution in [0.15, 0.2) is 0 Å². The first-order chi connectivity index (χ1) is 17.7. The van der Waals surface area contributed by atoms with Gasteiger partial charge >= 0.3 is 5.97 Å². The molecule has 0 aromatic carbocycles. The molecule has 9 nitrogen and oxygen atoms in total. The fraction of sp³-hybridized carbons (Fsp3) is 0.862. The summed E-state index contributed by atoms with van der Waals surface area (Å²) in [5.74, 6) is -1.73. The molecule has 1 heterocycles. The van der Waals surface area contributed by atoms with E-state index < -0.39 is 38.5 Å². The second-order valence-corrected chi connectivity index (χ2v) is 18.3.